The lowest BCUT2D eigenvalue weighted by Gasteiger charge is -2.12. The third-order valence-electron chi connectivity index (χ3n) is 3.05. The molecule has 7 heteroatoms. The van der Waals surface area contributed by atoms with E-state index in [-0.39, 0.29) is 30.8 Å². The summed E-state index contributed by atoms with van der Waals surface area (Å²) in [5, 5.41) is 5.46. The quantitative estimate of drug-likeness (QED) is 0.631. The molecule has 0 radical (unpaired) electrons. The highest BCUT2D eigenvalue weighted by Gasteiger charge is 2.11. The number of benzene rings is 1. The zero-order valence-corrected chi connectivity index (χ0v) is 14.4. The van der Waals surface area contributed by atoms with Crippen molar-refractivity contribution in [3.8, 4) is 5.75 Å². The average molecular weight is 344 g/mol. The highest BCUT2D eigenvalue weighted by atomic mass is 35.5. The van der Waals surface area contributed by atoms with Gasteiger partial charge in [-0.2, -0.15) is 0 Å². The number of nitrogens with one attached hydrogen (secondary N) is 2. The molecular weight excluding hydrogens is 318 g/mol. The van der Waals surface area contributed by atoms with E-state index in [1.807, 2.05) is 26.0 Å². The van der Waals surface area contributed by atoms with E-state index in [1.165, 1.54) is 0 Å². The molecule has 1 rings (SSSR count). The summed E-state index contributed by atoms with van der Waals surface area (Å²) in [6, 6.07) is 6.80. The SMILES string of the molecule is CCCC(N)C(=O)NCc1cccc(OCC(=O)NCC)c1.Cl. The Morgan fingerprint density at radius 3 is 2.65 bits per heavy atom. The third-order valence-corrected chi connectivity index (χ3v) is 3.05. The molecule has 0 spiro atoms. The van der Waals surface area contributed by atoms with Crippen molar-refractivity contribution in [3.63, 3.8) is 0 Å². The number of likely N-dealkylation sites (N-methyl/N-ethyl adjacent to an activating group) is 1. The first kappa shape index (κ1) is 21.2. The van der Waals surface area contributed by atoms with Crippen molar-refractivity contribution in [2.45, 2.75) is 39.3 Å². The van der Waals surface area contributed by atoms with Gasteiger partial charge in [-0.15, -0.1) is 12.4 Å². The van der Waals surface area contributed by atoms with Crippen LogP contribution in [0, 0.1) is 0 Å². The summed E-state index contributed by atoms with van der Waals surface area (Å²) in [6.07, 6.45) is 1.54. The number of rotatable bonds is 9. The normalized spacial score (nSPS) is 11.1. The zero-order valence-electron chi connectivity index (χ0n) is 13.6. The molecule has 1 unspecified atom stereocenters. The Hall–Kier alpha value is -1.79. The van der Waals surface area contributed by atoms with E-state index < -0.39 is 6.04 Å². The number of hydrogen-bond acceptors (Lipinski definition) is 4. The van der Waals surface area contributed by atoms with Crippen molar-refractivity contribution in [1.82, 2.24) is 10.6 Å². The molecule has 23 heavy (non-hydrogen) atoms. The number of carbonyl (C=O) groups excluding carboxylic acids is 2. The highest BCUT2D eigenvalue weighted by molar-refractivity contribution is 5.85. The summed E-state index contributed by atoms with van der Waals surface area (Å²) in [5.74, 6) is 0.276. The van der Waals surface area contributed by atoms with E-state index in [4.69, 9.17) is 10.5 Å². The summed E-state index contributed by atoms with van der Waals surface area (Å²) in [5.41, 5.74) is 6.64. The Kier molecular flexibility index (Phi) is 10.8. The molecule has 2 amide bonds. The molecule has 1 aromatic carbocycles. The molecule has 6 nitrogen and oxygen atoms in total. The lowest BCUT2D eigenvalue weighted by molar-refractivity contribution is -0.123. The number of carbonyl (C=O) groups is 2. The summed E-state index contributed by atoms with van der Waals surface area (Å²) in [4.78, 5) is 23.1. The van der Waals surface area contributed by atoms with Gasteiger partial charge in [-0.25, -0.2) is 0 Å². The van der Waals surface area contributed by atoms with Crippen molar-refractivity contribution in [3.05, 3.63) is 29.8 Å². The van der Waals surface area contributed by atoms with Crippen LogP contribution < -0.4 is 21.1 Å². The lowest BCUT2D eigenvalue weighted by Crippen LogP contribution is -2.40. The number of ether oxygens (including phenoxy) is 1. The number of amides is 2. The second kappa shape index (κ2) is 11.7. The minimum Gasteiger partial charge on any atom is -0.484 e. The topological polar surface area (TPSA) is 93.5 Å². The predicted molar refractivity (Wildman–Crippen MR) is 92.6 cm³/mol. The minimum absolute atomic E-state index is 0. The summed E-state index contributed by atoms with van der Waals surface area (Å²) in [6.45, 7) is 4.78. The molecular formula is C16H26ClN3O3. The molecule has 4 N–H and O–H groups in total. The first-order valence-electron chi connectivity index (χ1n) is 7.58. The van der Waals surface area contributed by atoms with E-state index in [0.29, 0.717) is 25.3 Å². The van der Waals surface area contributed by atoms with Crippen molar-refractivity contribution in [2.75, 3.05) is 13.2 Å². The highest BCUT2D eigenvalue weighted by Crippen LogP contribution is 2.13. The van der Waals surface area contributed by atoms with Gasteiger partial charge in [-0.3, -0.25) is 9.59 Å². The van der Waals surface area contributed by atoms with Crippen LogP contribution in [0.25, 0.3) is 0 Å². The van der Waals surface area contributed by atoms with E-state index in [1.54, 1.807) is 12.1 Å². The Bertz CT molecular complexity index is 497. The maximum absolute atomic E-state index is 11.8. The lowest BCUT2D eigenvalue weighted by atomic mass is 10.1. The molecule has 0 aliphatic carbocycles. The molecule has 0 fully saturated rings. The number of halogens is 1. The zero-order chi connectivity index (χ0) is 16.4. The molecule has 0 saturated carbocycles. The van der Waals surface area contributed by atoms with Gasteiger partial charge in [0, 0.05) is 13.1 Å². The van der Waals surface area contributed by atoms with E-state index in [2.05, 4.69) is 10.6 Å². The molecule has 1 atom stereocenters. The van der Waals surface area contributed by atoms with Gasteiger partial charge in [-0.1, -0.05) is 25.5 Å². The Labute approximate surface area is 143 Å². The molecule has 0 bridgehead atoms. The van der Waals surface area contributed by atoms with Crippen molar-refractivity contribution in [2.24, 2.45) is 5.73 Å². The van der Waals surface area contributed by atoms with Crippen LogP contribution in [-0.4, -0.2) is 31.0 Å². The van der Waals surface area contributed by atoms with Gasteiger partial charge >= 0.3 is 0 Å². The molecule has 0 aromatic heterocycles. The van der Waals surface area contributed by atoms with Crippen LogP contribution in [0.4, 0.5) is 0 Å². The van der Waals surface area contributed by atoms with E-state index in [0.717, 1.165) is 12.0 Å². The van der Waals surface area contributed by atoms with Crippen molar-refractivity contribution < 1.29 is 14.3 Å². The Morgan fingerprint density at radius 2 is 2.00 bits per heavy atom. The van der Waals surface area contributed by atoms with Crippen molar-refractivity contribution >= 4 is 24.2 Å². The van der Waals surface area contributed by atoms with Gasteiger partial charge in [0.1, 0.15) is 5.75 Å². The van der Waals surface area contributed by atoms with Crippen LogP contribution in [0.1, 0.15) is 32.3 Å². The maximum Gasteiger partial charge on any atom is 0.257 e. The van der Waals surface area contributed by atoms with E-state index >= 15 is 0 Å². The fraction of sp³-hybridized carbons (Fsp3) is 0.500. The molecule has 0 aliphatic rings. The van der Waals surface area contributed by atoms with Crippen LogP contribution >= 0.6 is 12.4 Å². The van der Waals surface area contributed by atoms with Gasteiger partial charge in [0.15, 0.2) is 6.61 Å². The maximum atomic E-state index is 11.8. The molecule has 0 heterocycles. The van der Waals surface area contributed by atoms with Gasteiger partial charge in [-0.05, 0) is 31.0 Å². The Balaban J connectivity index is 0.00000484. The van der Waals surface area contributed by atoms with Gasteiger partial charge in [0.2, 0.25) is 5.91 Å². The standard InChI is InChI=1S/C16H25N3O3.ClH/c1-3-6-14(17)16(21)19-10-12-7-5-8-13(9-12)22-11-15(20)18-4-2;/h5,7-9,14H,3-4,6,10-11,17H2,1-2H3,(H,18,20)(H,19,21);1H. The number of nitrogens with two attached hydrogens (primary N) is 1. The van der Waals surface area contributed by atoms with Crippen LogP contribution in [0.2, 0.25) is 0 Å². The summed E-state index contributed by atoms with van der Waals surface area (Å²) in [7, 11) is 0. The van der Waals surface area contributed by atoms with Crippen LogP contribution in [-0.2, 0) is 16.1 Å². The van der Waals surface area contributed by atoms with Gasteiger partial charge in [0.25, 0.3) is 5.91 Å². The van der Waals surface area contributed by atoms with Crippen LogP contribution in [0.5, 0.6) is 5.75 Å². The van der Waals surface area contributed by atoms with Crippen LogP contribution in [0.3, 0.4) is 0 Å². The van der Waals surface area contributed by atoms with Gasteiger partial charge in [0.05, 0.1) is 6.04 Å². The molecule has 0 saturated heterocycles. The predicted octanol–water partition coefficient (Wildman–Crippen LogP) is 1.37. The first-order chi connectivity index (χ1) is 10.6. The van der Waals surface area contributed by atoms with Crippen LogP contribution in [0.15, 0.2) is 24.3 Å². The van der Waals surface area contributed by atoms with E-state index in [9.17, 15) is 9.59 Å². The fourth-order valence-electron chi connectivity index (χ4n) is 1.90. The minimum atomic E-state index is -0.470. The average Bonchev–Trinajstić information content (AvgIpc) is 2.51. The smallest absolute Gasteiger partial charge is 0.257 e. The monoisotopic (exact) mass is 343 g/mol. The second-order valence-electron chi connectivity index (χ2n) is 5.00. The third kappa shape index (κ3) is 8.42. The first-order valence-corrected chi connectivity index (χ1v) is 7.58. The van der Waals surface area contributed by atoms with Crippen molar-refractivity contribution in [1.29, 1.82) is 0 Å². The summed E-state index contributed by atoms with van der Waals surface area (Å²) < 4.78 is 5.40. The summed E-state index contributed by atoms with van der Waals surface area (Å²) >= 11 is 0. The number of hydrogen-bond donors (Lipinski definition) is 3. The second-order valence-corrected chi connectivity index (χ2v) is 5.00. The molecule has 130 valence electrons. The largest absolute Gasteiger partial charge is 0.484 e. The Morgan fingerprint density at radius 1 is 1.26 bits per heavy atom. The van der Waals surface area contributed by atoms with Gasteiger partial charge < -0.3 is 21.1 Å². The molecule has 0 aliphatic heterocycles. The molecule has 1 aromatic rings. The fourth-order valence-corrected chi connectivity index (χ4v) is 1.90.